The molecule has 0 unspecified atom stereocenters. The number of hydrogen-bond donors (Lipinski definition) is 1. The highest BCUT2D eigenvalue weighted by atomic mass is 32.1. The van der Waals surface area contributed by atoms with Crippen molar-refractivity contribution in [1.82, 2.24) is 0 Å². The van der Waals surface area contributed by atoms with Gasteiger partial charge in [0.1, 0.15) is 11.1 Å². The first-order chi connectivity index (χ1) is 9.90. The molecule has 0 saturated heterocycles. The largest absolute Gasteiger partial charge is 0.316 e. The van der Waals surface area contributed by atoms with E-state index in [0.717, 1.165) is 42.7 Å². The topological polar surface area (TPSA) is 52.9 Å². The quantitative estimate of drug-likeness (QED) is 0.893. The smallest absolute Gasteiger partial charge is 0.228 e. The first kappa shape index (κ1) is 14.6. The summed E-state index contributed by atoms with van der Waals surface area (Å²) >= 11 is 1.63. The summed E-state index contributed by atoms with van der Waals surface area (Å²) in [5.74, 6) is 0.928. The number of thiophene rings is 1. The molecule has 2 aliphatic carbocycles. The zero-order valence-electron chi connectivity index (χ0n) is 13.0. The van der Waals surface area contributed by atoms with Gasteiger partial charge in [0.25, 0.3) is 0 Å². The number of amides is 1. The molecular weight excluding hydrogens is 280 g/mol. The number of carbonyl (C=O) groups is 1. The van der Waals surface area contributed by atoms with Crippen LogP contribution in [0.4, 0.5) is 5.00 Å². The van der Waals surface area contributed by atoms with Gasteiger partial charge in [-0.2, -0.15) is 5.26 Å². The third-order valence-corrected chi connectivity index (χ3v) is 5.96. The molecule has 1 heterocycles. The van der Waals surface area contributed by atoms with E-state index in [1.54, 1.807) is 11.3 Å². The van der Waals surface area contributed by atoms with Crippen LogP contribution in [0.1, 0.15) is 56.0 Å². The van der Waals surface area contributed by atoms with Crippen molar-refractivity contribution >= 4 is 22.2 Å². The van der Waals surface area contributed by atoms with E-state index in [0.29, 0.717) is 11.3 Å². The van der Waals surface area contributed by atoms with Gasteiger partial charge in [0.15, 0.2) is 0 Å². The van der Waals surface area contributed by atoms with Gasteiger partial charge in [0.2, 0.25) is 5.91 Å². The Morgan fingerprint density at radius 1 is 1.33 bits per heavy atom. The van der Waals surface area contributed by atoms with Crippen LogP contribution in [-0.2, 0) is 17.6 Å². The van der Waals surface area contributed by atoms with Crippen LogP contribution in [0.15, 0.2) is 0 Å². The number of anilines is 1. The molecule has 4 heteroatoms. The first-order valence-corrected chi connectivity index (χ1v) is 8.57. The summed E-state index contributed by atoms with van der Waals surface area (Å²) in [6.45, 7) is 6.87. The van der Waals surface area contributed by atoms with E-state index in [9.17, 15) is 10.1 Å². The van der Waals surface area contributed by atoms with Crippen LogP contribution in [0, 0.1) is 28.6 Å². The Labute approximate surface area is 130 Å². The molecule has 2 aliphatic rings. The fourth-order valence-corrected chi connectivity index (χ4v) is 4.37. The first-order valence-electron chi connectivity index (χ1n) is 7.75. The summed E-state index contributed by atoms with van der Waals surface area (Å²) in [6.07, 6.45) is 5.13. The van der Waals surface area contributed by atoms with Crippen molar-refractivity contribution in [1.29, 1.82) is 5.26 Å². The number of rotatable bonds is 2. The molecule has 3 nitrogen and oxygen atoms in total. The number of carbonyl (C=O) groups excluding carboxylic acids is 1. The van der Waals surface area contributed by atoms with Gasteiger partial charge in [-0.25, -0.2) is 0 Å². The average molecular weight is 302 g/mol. The highest BCUT2D eigenvalue weighted by Gasteiger charge is 2.34. The maximum atomic E-state index is 12.0. The van der Waals surface area contributed by atoms with Crippen molar-refractivity contribution in [2.24, 2.45) is 17.3 Å². The van der Waals surface area contributed by atoms with Gasteiger partial charge < -0.3 is 5.32 Å². The summed E-state index contributed by atoms with van der Waals surface area (Å²) in [7, 11) is 0. The average Bonchev–Trinajstić information content (AvgIpc) is 3.19. The molecule has 1 aromatic heterocycles. The van der Waals surface area contributed by atoms with Crippen LogP contribution in [0.25, 0.3) is 0 Å². The molecule has 21 heavy (non-hydrogen) atoms. The lowest BCUT2D eigenvalue weighted by Gasteiger charge is -2.33. The second kappa shape index (κ2) is 5.14. The minimum Gasteiger partial charge on any atom is -0.316 e. The number of nitriles is 1. The number of nitrogens with one attached hydrogen (secondary N) is 1. The molecule has 1 fully saturated rings. The van der Waals surface area contributed by atoms with Gasteiger partial charge in [-0.05, 0) is 49.0 Å². The van der Waals surface area contributed by atoms with Crippen molar-refractivity contribution < 1.29 is 4.79 Å². The van der Waals surface area contributed by atoms with Crippen LogP contribution in [0.2, 0.25) is 0 Å². The van der Waals surface area contributed by atoms with Crippen LogP contribution in [0.5, 0.6) is 0 Å². The zero-order chi connectivity index (χ0) is 15.2. The highest BCUT2D eigenvalue weighted by Crippen LogP contribution is 2.44. The van der Waals surface area contributed by atoms with E-state index in [4.69, 9.17) is 0 Å². The fraction of sp³-hybridized carbons (Fsp3) is 0.647. The molecule has 1 N–H and O–H groups in total. The summed E-state index contributed by atoms with van der Waals surface area (Å²) < 4.78 is 0. The number of nitrogens with zero attached hydrogens (tertiary/aromatic N) is 1. The zero-order valence-corrected chi connectivity index (χ0v) is 13.8. The molecule has 0 radical (unpaired) electrons. The molecule has 0 spiro atoms. The Morgan fingerprint density at radius 3 is 2.62 bits per heavy atom. The summed E-state index contributed by atoms with van der Waals surface area (Å²) in [5, 5.41) is 13.2. The molecule has 1 amide bonds. The molecule has 1 aromatic rings. The van der Waals surface area contributed by atoms with Gasteiger partial charge in [0.05, 0.1) is 5.56 Å². The standard InChI is InChI=1S/C17H22N2OS/c1-17(2,3)11-6-7-12-13(9-18)16(21-14(12)8-11)19-15(20)10-4-5-10/h10-11H,4-8H2,1-3H3,(H,19,20)/t11-/m1/s1. The molecule has 112 valence electrons. The van der Waals surface area contributed by atoms with Gasteiger partial charge in [-0.15, -0.1) is 11.3 Å². The van der Waals surface area contributed by atoms with E-state index in [-0.39, 0.29) is 11.8 Å². The Balaban J connectivity index is 1.86. The predicted molar refractivity (Wildman–Crippen MR) is 85.4 cm³/mol. The third kappa shape index (κ3) is 2.85. The van der Waals surface area contributed by atoms with Crippen molar-refractivity contribution in [2.45, 2.75) is 52.9 Å². The molecule has 1 atom stereocenters. The van der Waals surface area contributed by atoms with Gasteiger partial charge in [0, 0.05) is 10.8 Å². The van der Waals surface area contributed by atoms with Crippen LogP contribution in [-0.4, -0.2) is 5.91 Å². The van der Waals surface area contributed by atoms with Gasteiger partial charge in [-0.1, -0.05) is 20.8 Å². The van der Waals surface area contributed by atoms with Crippen molar-refractivity contribution in [3.05, 3.63) is 16.0 Å². The van der Waals surface area contributed by atoms with Crippen molar-refractivity contribution in [2.75, 3.05) is 5.32 Å². The Kier molecular flexibility index (Phi) is 3.57. The van der Waals surface area contributed by atoms with Crippen molar-refractivity contribution in [3.63, 3.8) is 0 Å². The number of hydrogen-bond acceptors (Lipinski definition) is 3. The summed E-state index contributed by atoms with van der Waals surface area (Å²) in [4.78, 5) is 13.3. The molecule has 0 aliphatic heterocycles. The maximum Gasteiger partial charge on any atom is 0.228 e. The van der Waals surface area contributed by atoms with Gasteiger partial charge in [-0.3, -0.25) is 4.79 Å². The van der Waals surface area contributed by atoms with Crippen LogP contribution in [0.3, 0.4) is 0 Å². The second-order valence-corrected chi connectivity index (χ2v) is 8.49. The second-order valence-electron chi connectivity index (χ2n) is 7.39. The molecule has 1 saturated carbocycles. The third-order valence-electron chi connectivity index (χ3n) is 4.79. The SMILES string of the molecule is CC(C)(C)[C@@H]1CCc2c(sc(NC(=O)C3CC3)c2C#N)C1. The minimum absolute atomic E-state index is 0.0949. The Hall–Kier alpha value is -1.34. The van der Waals surface area contributed by atoms with E-state index in [1.165, 1.54) is 10.4 Å². The molecular formula is C17H22N2OS. The van der Waals surface area contributed by atoms with Crippen LogP contribution < -0.4 is 5.32 Å². The summed E-state index contributed by atoms with van der Waals surface area (Å²) in [5.41, 5.74) is 2.21. The predicted octanol–water partition coefficient (Wildman–Crippen LogP) is 4.12. The molecule has 0 bridgehead atoms. The van der Waals surface area contributed by atoms with Gasteiger partial charge >= 0.3 is 0 Å². The number of fused-ring (bicyclic) bond motifs is 1. The molecule has 3 rings (SSSR count). The van der Waals surface area contributed by atoms with E-state index in [2.05, 4.69) is 32.2 Å². The Morgan fingerprint density at radius 2 is 2.05 bits per heavy atom. The lowest BCUT2D eigenvalue weighted by Crippen LogP contribution is -2.26. The Bertz CT molecular complexity index is 614. The van der Waals surface area contributed by atoms with E-state index in [1.807, 2.05) is 0 Å². The molecule has 0 aromatic carbocycles. The lowest BCUT2D eigenvalue weighted by molar-refractivity contribution is -0.117. The van der Waals surface area contributed by atoms with Crippen molar-refractivity contribution in [3.8, 4) is 6.07 Å². The minimum atomic E-state index is 0.0949. The normalized spacial score (nSPS) is 21.5. The summed E-state index contributed by atoms with van der Waals surface area (Å²) in [6, 6.07) is 2.32. The maximum absolute atomic E-state index is 12.0. The van der Waals surface area contributed by atoms with E-state index < -0.39 is 0 Å². The van der Waals surface area contributed by atoms with E-state index >= 15 is 0 Å². The highest BCUT2D eigenvalue weighted by molar-refractivity contribution is 7.16. The fourth-order valence-electron chi connectivity index (χ4n) is 3.09. The lowest BCUT2D eigenvalue weighted by atomic mass is 9.72. The van der Waals surface area contributed by atoms with Crippen LogP contribution >= 0.6 is 11.3 Å². The monoisotopic (exact) mass is 302 g/mol.